The zero-order valence-electron chi connectivity index (χ0n) is 7.84. The van der Waals surface area contributed by atoms with E-state index >= 15 is 0 Å². The van der Waals surface area contributed by atoms with Crippen LogP contribution in [0, 0.1) is 5.92 Å². The van der Waals surface area contributed by atoms with Gasteiger partial charge >= 0.3 is 0 Å². The van der Waals surface area contributed by atoms with Crippen LogP contribution in [-0.4, -0.2) is 6.04 Å². The van der Waals surface area contributed by atoms with Crippen LogP contribution >= 0.6 is 23.2 Å². The van der Waals surface area contributed by atoms with Crippen LogP contribution in [0.5, 0.6) is 0 Å². The van der Waals surface area contributed by atoms with Gasteiger partial charge in [-0.15, -0.1) is 0 Å². The molecule has 0 saturated heterocycles. The van der Waals surface area contributed by atoms with Crippen molar-refractivity contribution in [1.82, 2.24) is 0 Å². The Balaban J connectivity index is 2.07. The van der Waals surface area contributed by atoms with Crippen LogP contribution in [0.25, 0.3) is 0 Å². The van der Waals surface area contributed by atoms with Crippen LogP contribution in [-0.2, 0) is 6.42 Å². The van der Waals surface area contributed by atoms with Crippen LogP contribution in [0.3, 0.4) is 0 Å². The third-order valence-electron chi connectivity index (χ3n) is 2.70. The number of hydrogen-bond acceptors (Lipinski definition) is 1. The van der Waals surface area contributed by atoms with E-state index in [1.165, 1.54) is 12.8 Å². The number of nitrogens with two attached hydrogens (primary N) is 1. The van der Waals surface area contributed by atoms with Crippen LogP contribution in [0.1, 0.15) is 18.4 Å². The molecule has 1 saturated carbocycles. The van der Waals surface area contributed by atoms with Crippen molar-refractivity contribution in [2.75, 3.05) is 0 Å². The average molecular weight is 230 g/mol. The second-order valence-electron chi connectivity index (χ2n) is 3.94. The smallest absolute Gasteiger partial charge is 0.0453 e. The maximum Gasteiger partial charge on any atom is 0.0453 e. The maximum absolute atomic E-state index is 6.06. The van der Waals surface area contributed by atoms with Crippen molar-refractivity contribution in [3.05, 3.63) is 33.8 Å². The highest BCUT2D eigenvalue weighted by atomic mass is 35.5. The van der Waals surface area contributed by atoms with E-state index in [-0.39, 0.29) is 6.04 Å². The van der Waals surface area contributed by atoms with Crippen LogP contribution < -0.4 is 5.73 Å². The van der Waals surface area contributed by atoms with Gasteiger partial charge in [0.05, 0.1) is 0 Å². The Kier molecular flexibility index (Phi) is 3.01. The first-order valence-corrected chi connectivity index (χ1v) is 5.62. The molecule has 1 aromatic rings. The van der Waals surface area contributed by atoms with E-state index in [0.717, 1.165) is 17.0 Å². The first-order chi connectivity index (χ1) is 6.66. The minimum atomic E-state index is 0.258. The lowest BCUT2D eigenvalue weighted by atomic mass is 10.0. The zero-order chi connectivity index (χ0) is 10.1. The third kappa shape index (κ3) is 2.41. The van der Waals surface area contributed by atoms with E-state index in [2.05, 4.69) is 0 Å². The summed E-state index contributed by atoms with van der Waals surface area (Å²) >= 11 is 11.9. The summed E-state index contributed by atoms with van der Waals surface area (Å²) in [6, 6.07) is 5.86. The minimum absolute atomic E-state index is 0.258. The van der Waals surface area contributed by atoms with Crippen LogP contribution in [0.4, 0.5) is 0 Å². The molecule has 0 amide bonds. The lowest BCUT2D eigenvalue weighted by Crippen LogP contribution is -2.25. The standard InChI is InChI=1S/C11H13Cl2N/c12-9-4-3-8(10(13)6-9)5-11(14)7-1-2-7/h3-4,6-7,11H,1-2,5,14H2. The van der Waals surface area contributed by atoms with Crippen molar-refractivity contribution in [3.8, 4) is 0 Å². The van der Waals surface area contributed by atoms with Gasteiger partial charge in [0.25, 0.3) is 0 Å². The third-order valence-corrected chi connectivity index (χ3v) is 3.29. The predicted molar refractivity (Wildman–Crippen MR) is 60.9 cm³/mol. The normalized spacial score (nSPS) is 18.2. The van der Waals surface area contributed by atoms with E-state index in [1.54, 1.807) is 6.07 Å². The summed E-state index contributed by atoms with van der Waals surface area (Å²) in [5, 5.41) is 1.41. The van der Waals surface area contributed by atoms with Gasteiger partial charge in [-0.25, -0.2) is 0 Å². The Labute approximate surface area is 94.2 Å². The van der Waals surface area contributed by atoms with Gasteiger partial charge < -0.3 is 5.73 Å². The quantitative estimate of drug-likeness (QED) is 0.847. The van der Waals surface area contributed by atoms with E-state index in [0.29, 0.717) is 10.9 Å². The Morgan fingerprint density at radius 1 is 1.36 bits per heavy atom. The van der Waals surface area contributed by atoms with Crippen molar-refractivity contribution in [2.45, 2.75) is 25.3 Å². The van der Waals surface area contributed by atoms with Gasteiger partial charge in [-0.05, 0) is 42.9 Å². The maximum atomic E-state index is 6.06. The number of rotatable bonds is 3. The molecule has 0 radical (unpaired) electrons. The van der Waals surface area contributed by atoms with Gasteiger partial charge in [-0.1, -0.05) is 29.3 Å². The van der Waals surface area contributed by atoms with E-state index in [9.17, 15) is 0 Å². The molecule has 1 aromatic carbocycles. The monoisotopic (exact) mass is 229 g/mol. The molecule has 0 aromatic heterocycles. The predicted octanol–water partition coefficient (Wildman–Crippen LogP) is 3.27. The topological polar surface area (TPSA) is 26.0 Å². The molecule has 1 aliphatic rings. The molecule has 1 aliphatic carbocycles. The molecule has 0 heterocycles. The van der Waals surface area contributed by atoms with Crippen molar-refractivity contribution in [2.24, 2.45) is 11.7 Å². The van der Waals surface area contributed by atoms with Crippen LogP contribution in [0.15, 0.2) is 18.2 Å². The Bertz CT molecular complexity index is 334. The second kappa shape index (κ2) is 4.09. The summed E-state index contributed by atoms with van der Waals surface area (Å²) in [6.45, 7) is 0. The molecule has 76 valence electrons. The van der Waals surface area contributed by atoms with E-state index < -0.39 is 0 Å². The number of halogens is 2. The molecule has 3 heteroatoms. The van der Waals surface area contributed by atoms with Gasteiger partial charge in [0.1, 0.15) is 0 Å². The summed E-state index contributed by atoms with van der Waals surface area (Å²) in [4.78, 5) is 0. The number of benzene rings is 1. The van der Waals surface area contributed by atoms with Crippen molar-refractivity contribution >= 4 is 23.2 Å². The average Bonchev–Trinajstić information content (AvgIpc) is 2.92. The zero-order valence-corrected chi connectivity index (χ0v) is 9.35. The lowest BCUT2D eigenvalue weighted by Gasteiger charge is -2.11. The summed E-state index contributed by atoms with van der Waals surface area (Å²) in [5.74, 6) is 0.710. The van der Waals surface area contributed by atoms with E-state index in [1.807, 2.05) is 12.1 Å². The first kappa shape index (κ1) is 10.3. The fourth-order valence-corrected chi connectivity index (χ4v) is 2.12. The Morgan fingerprint density at radius 3 is 2.64 bits per heavy atom. The summed E-state index contributed by atoms with van der Waals surface area (Å²) in [6.07, 6.45) is 3.40. The van der Waals surface area contributed by atoms with Crippen molar-refractivity contribution in [3.63, 3.8) is 0 Å². The molecule has 0 spiro atoms. The second-order valence-corrected chi connectivity index (χ2v) is 4.78. The van der Waals surface area contributed by atoms with Gasteiger partial charge in [0.2, 0.25) is 0 Å². The highest BCUT2D eigenvalue weighted by molar-refractivity contribution is 6.35. The summed E-state index contributed by atoms with van der Waals surface area (Å²) in [7, 11) is 0. The molecule has 0 bridgehead atoms. The lowest BCUT2D eigenvalue weighted by molar-refractivity contribution is 0.592. The number of hydrogen-bond donors (Lipinski definition) is 1. The largest absolute Gasteiger partial charge is 0.327 e. The molecule has 0 aliphatic heterocycles. The van der Waals surface area contributed by atoms with Crippen molar-refractivity contribution in [1.29, 1.82) is 0 Å². The molecular formula is C11H13Cl2N. The van der Waals surface area contributed by atoms with E-state index in [4.69, 9.17) is 28.9 Å². The molecule has 14 heavy (non-hydrogen) atoms. The van der Waals surface area contributed by atoms with Gasteiger partial charge in [0.15, 0.2) is 0 Å². The first-order valence-electron chi connectivity index (χ1n) is 4.86. The van der Waals surface area contributed by atoms with Crippen molar-refractivity contribution < 1.29 is 0 Å². The fraction of sp³-hybridized carbons (Fsp3) is 0.455. The van der Waals surface area contributed by atoms with Gasteiger partial charge in [-0.2, -0.15) is 0 Å². The highest BCUT2D eigenvalue weighted by Crippen LogP contribution is 2.34. The molecule has 1 atom stereocenters. The molecular weight excluding hydrogens is 217 g/mol. The Hall–Kier alpha value is -0.240. The fourth-order valence-electron chi connectivity index (χ4n) is 1.63. The molecule has 2 rings (SSSR count). The van der Waals surface area contributed by atoms with Gasteiger partial charge in [-0.3, -0.25) is 0 Å². The van der Waals surface area contributed by atoms with Crippen LogP contribution in [0.2, 0.25) is 10.0 Å². The summed E-state index contributed by atoms with van der Waals surface area (Å²) < 4.78 is 0. The molecule has 1 fully saturated rings. The summed E-state index contributed by atoms with van der Waals surface area (Å²) in [5.41, 5.74) is 7.13. The molecule has 2 N–H and O–H groups in total. The highest BCUT2D eigenvalue weighted by Gasteiger charge is 2.28. The minimum Gasteiger partial charge on any atom is -0.327 e. The van der Waals surface area contributed by atoms with Gasteiger partial charge in [0, 0.05) is 16.1 Å². The molecule has 1 unspecified atom stereocenters. The SMILES string of the molecule is NC(Cc1ccc(Cl)cc1Cl)C1CC1. The molecule has 1 nitrogen and oxygen atoms in total. The Morgan fingerprint density at radius 2 is 2.07 bits per heavy atom.